The highest BCUT2D eigenvalue weighted by Gasteiger charge is 2.58. The number of esters is 1. The van der Waals surface area contributed by atoms with E-state index < -0.39 is 5.97 Å². The first-order chi connectivity index (χ1) is 12.3. The fraction of sp³-hybridized carbons (Fsp3) is 0.818. The largest absolute Gasteiger partial charge is 0.550 e. The van der Waals surface area contributed by atoms with Crippen molar-refractivity contribution < 1.29 is 19.4 Å². The van der Waals surface area contributed by atoms with Crippen LogP contribution < -0.4 is 5.11 Å². The third-order valence-corrected chi connectivity index (χ3v) is 8.68. The second-order valence-electron chi connectivity index (χ2n) is 9.73. The van der Waals surface area contributed by atoms with E-state index in [1.807, 2.05) is 0 Å². The van der Waals surface area contributed by atoms with Gasteiger partial charge in [0.25, 0.3) is 0 Å². The minimum Gasteiger partial charge on any atom is -0.550 e. The van der Waals surface area contributed by atoms with Crippen LogP contribution in [0, 0.1) is 34.5 Å². The molecule has 0 aromatic heterocycles. The van der Waals surface area contributed by atoms with Crippen LogP contribution in [0.1, 0.15) is 72.1 Å². The lowest BCUT2D eigenvalue weighted by Gasteiger charge is -2.58. The SMILES string of the molecule is CC(=O)O[C@@H]1CC[C@]2(C)C(=CC[C@H]3[C@H]2CC[C@]2(C)[C@H](C(=O)[O-])CC[C@@H]32)C1. The summed E-state index contributed by atoms with van der Waals surface area (Å²) in [7, 11) is 0. The highest BCUT2D eigenvalue weighted by Crippen LogP contribution is 2.66. The molecular formula is C22H31O4-. The van der Waals surface area contributed by atoms with Gasteiger partial charge in [-0.05, 0) is 73.5 Å². The van der Waals surface area contributed by atoms with Gasteiger partial charge in [-0.3, -0.25) is 4.79 Å². The first-order valence-corrected chi connectivity index (χ1v) is 10.3. The van der Waals surface area contributed by atoms with Crippen molar-refractivity contribution in [2.75, 3.05) is 0 Å². The van der Waals surface area contributed by atoms with Crippen molar-refractivity contribution in [3.63, 3.8) is 0 Å². The number of carbonyl (C=O) groups excluding carboxylic acids is 2. The van der Waals surface area contributed by atoms with E-state index in [4.69, 9.17) is 4.74 Å². The van der Waals surface area contributed by atoms with E-state index in [0.717, 1.165) is 51.4 Å². The third-order valence-electron chi connectivity index (χ3n) is 8.68. The standard InChI is InChI=1S/C22H32O4/c1-13(23)26-15-8-10-21(2)14(12-15)4-5-16-17-6-7-19(20(24)25)22(17,3)11-9-18(16)21/h4,15-19H,5-12H2,1-3H3,(H,24,25)/p-1/t15-,16-,17+,18-,19+,21-,22+/m1/s1. The smallest absolute Gasteiger partial charge is 0.302 e. The molecule has 0 aromatic rings. The van der Waals surface area contributed by atoms with E-state index in [9.17, 15) is 14.7 Å². The molecule has 0 heterocycles. The first kappa shape index (κ1) is 18.1. The number of allylic oxidation sites excluding steroid dienone is 1. The Morgan fingerprint density at radius 2 is 1.88 bits per heavy atom. The molecule has 0 spiro atoms. The Hall–Kier alpha value is -1.32. The second-order valence-corrected chi connectivity index (χ2v) is 9.73. The molecule has 144 valence electrons. The zero-order chi connectivity index (χ0) is 18.7. The molecule has 3 fully saturated rings. The first-order valence-electron chi connectivity index (χ1n) is 10.3. The van der Waals surface area contributed by atoms with E-state index in [-0.39, 0.29) is 28.8 Å². The summed E-state index contributed by atoms with van der Waals surface area (Å²) >= 11 is 0. The van der Waals surface area contributed by atoms with Gasteiger partial charge < -0.3 is 14.6 Å². The Kier molecular flexibility index (Phi) is 4.24. The average molecular weight is 359 g/mol. The monoisotopic (exact) mass is 359 g/mol. The molecule has 0 amide bonds. The Labute approximate surface area is 156 Å². The molecular weight excluding hydrogens is 328 g/mol. The molecule has 0 N–H and O–H groups in total. The number of carboxylic acid groups (broad SMARTS) is 1. The zero-order valence-corrected chi connectivity index (χ0v) is 16.3. The summed E-state index contributed by atoms with van der Waals surface area (Å²) in [6.45, 7) is 6.11. The fourth-order valence-corrected chi connectivity index (χ4v) is 7.35. The number of carboxylic acids is 1. The van der Waals surface area contributed by atoms with Crippen molar-refractivity contribution in [1.29, 1.82) is 0 Å². The molecule has 4 aliphatic carbocycles. The van der Waals surface area contributed by atoms with Gasteiger partial charge in [-0.1, -0.05) is 25.5 Å². The number of rotatable bonds is 2. The van der Waals surface area contributed by atoms with Crippen molar-refractivity contribution in [1.82, 2.24) is 0 Å². The van der Waals surface area contributed by atoms with Crippen LogP contribution in [-0.4, -0.2) is 18.0 Å². The van der Waals surface area contributed by atoms with Crippen LogP contribution in [0.4, 0.5) is 0 Å². The average Bonchev–Trinajstić information content (AvgIpc) is 2.92. The number of carbonyl (C=O) groups is 2. The predicted octanol–water partition coefficient (Wildman–Crippen LogP) is 3.25. The molecule has 7 atom stereocenters. The Morgan fingerprint density at radius 3 is 2.58 bits per heavy atom. The topological polar surface area (TPSA) is 66.4 Å². The second kappa shape index (κ2) is 6.10. The normalized spacial score (nSPS) is 47.2. The summed E-state index contributed by atoms with van der Waals surface area (Å²) in [4.78, 5) is 23.0. The van der Waals surface area contributed by atoms with Crippen molar-refractivity contribution in [3.05, 3.63) is 11.6 Å². The van der Waals surface area contributed by atoms with Crippen LogP contribution in [0.15, 0.2) is 11.6 Å². The molecule has 0 bridgehead atoms. The maximum atomic E-state index is 11.7. The van der Waals surface area contributed by atoms with E-state index >= 15 is 0 Å². The van der Waals surface area contributed by atoms with E-state index in [1.54, 1.807) is 0 Å². The number of hydrogen-bond donors (Lipinski definition) is 0. The highest BCUT2D eigenvalue weighted by atomic mass is 16.5. The lowest BCUT2D eigenvalue weighted by atomic mass is 9.47. The summed E-state index contributed by atoms with van der Waals surface area (Å²) in [6.07, 6.45) is 10.3. The van der Waals surface area contributed by atoms with Gasteiger partial charge >= 0.3 is 5.97 Å². The molecule has 4 nitrogen and oxygen atoms in total. The zero-order valence-electron chi connectivity index (χ0n) is 16.3. The van der Waals surface area contributed by atoms with Crippen molar-refractivity contribution in [3.8, 4) is 0 Å². The minimum atomic E-state index is -0.839. The molecule has 0 aliphatic heterocycles. The molecule has 4 aliphatic rings. The summed E-state index contributed by atoms with van der Waals surface area (Å²) < 4.78 is 5.50. The Morgan fingerprint density at radius 1 is 1.12 bits per heavy atom. The molecule has 3 saturated carbocycles. The van der Waals surface area contributed by atoms with Gasteiger partial charge in [-0.25, -0.2) is 0 Å². The number of aliphatic carboxylic acids is 1. The fourth-order valence-electron chi connectivity index (χ4n) is 7.35. The molecule has 26 heavy (non-hydrogen) atoms. The minimum absolute atomic E-state index is 0.0335. The van der Waals surface area contributed by atoms with Gasteiger partial charge in [0.2, 0.25) is 0 Å². The Balaban J connectivity index is 1.59. The summed E-state index contributed by atoms with van der Waals surface area (Å²) in [6, 6.07) is 0. The van der Waals surface area contributed by atoms with E-state index in [0.29, 0.717) is 17.8 Å². The number of fused-ring (bicyclic) bond motifs is 5. The third kappa shape index (κ3) is 2.55. The number of hydrogen-bond acceptors (Lipinski definition) is 4. The molecule has 4 rings (SSSR count). The number of ether oxygens (including phenoxy) is 1. The van der Waals surface area contributed by atoms with Crippen molar-refractivity contribution in [2.24, 2.45) is 34.5 Å². The van der Waals surface area contributed by atoms with Crippen LogP contribution in [0.25, 0.3) is 0 Å². The van der Waals surface area contributed by atoms with Crippen LogP contribution in [-0.2, 0) is 14.3 Å². The molecule has 0 saturated heterocycles. The lowest BCUT2D eigenvalue weighted by Crippen LogP contribution is -2.52. The van der Waals surface area contributed by atoms with Gasteiger partial charge in [0.05, 0.1) is 0 Å². The van der Waals surface area contributed by atoms with Gasteiger partial charge in [0.15, 0.2) is 0 Å². The van der Waals surface area contributed by atoms with Gasteiger partial charge in [-0.15, -0.1) is 0 Å². The molecule has 0 radical (unpaired) electrons. The van der Waals surface area contributed by atoms with Crippen molar-refractivity contribution in [2.45, 2.75) is 78.2 Å². The predicted molar refractivity (Wildman–Crippen MR) is 95.8 cm³/mol. The van der Waals surface area contributed by atoms with Crippen LogP contribution in [0.3, 0.4) is 0 Å². The van der Waals surface area contributed by atoms with Crippen LogP contribution >= 0.6 is 0 Å². The van der Waals surface area contributed by atoms with Gasteiger partial charge in [-0.2, -0.15) is 0 Å². The van der Waals surface area contributed by atoms with Crippen LogP contribution in [0.2, 0.25) is 0 Å². The van der Waals surface area contributed by atoms with E-state index in [1.165, 1.54) is 12.5 Å². The van der Waals surface area contributed by atoms with Gasteiger partial charge in [0.1, 0.15) is 6.10 Å². The summed E-state index contributed by atoms with van der Waals surface area (Å²) in [5.74, 6) is 0.446. The van der Waals surface area contributed by atoms with Crippen molar-refractivity contribution >= 4 is 11.9 Å². The molecule has 4 heteroatoms. The quantitative estimate of drug-likeness (QED) is 0.561. The molecule has 0 aromatic carbocycles. The maximum absolute atomic E-state index is 11.7. The summed E-state index contributed by atoms with van der Waals surface area (Å²) in [5.41, 5.74) is 1.59. The summed E-state index contributed by atoms with van der Waals surface area (Å²) in [5, 5.41) is 11.7. The van der Waals surface area contributed by atoms with Crippen LogP contribution in [0.5, 0.6) is 0 Å². The highest BCUT2D eigenvalue weighted by molar-refractivity contribution is 5.69. The maximum Gasteiger partial charge on any atom is 0.302 e. The Bertz CT molecular complexity index is 653. The lowest BCUT2D eigenvalue weighted by molar-refractivity contribution is -0.315. The molecule has 0 unspecified atom stereocenters. The van der Waals surface area contributed by atoms with E-state index in [2.05, 4.69) is 19.9 Å². The van der Waals surface area contributed by atoms with Gasteiger partial charge in [0, 0.05) is 25.2 Å².